The Bertz CT molecular complexity index is 800. The fourth-order valence-electron chi connectivity index (χ4n) is 3.47. The van der Waals surface area contributed by atoms with Gasteiger partial charge in [0.25, 0.3) is 0 Å². The molecule has 0 aliphatic carbocycles. The molecule has 2 aromatic rings. The number of carbonyl (C=O) groups excluding carboxylic acids is 1. The Balaban J connectivity index is 1.83. The summed E-state index contributed by atoms with van der Waals surface area (Å²) in [5.41, 5.74) is 0.917. The molecule has 1 fully saturated rings. The number of nitrogens with one attached hydrogen (secondary N) is 2. The molecule has 6 nitrogen and oxygen atoms in total. The van der Waals surface area contributed by atoms with Crippen LogP contribution in [0.5, 0.6) is 0 Å². The maximum Gasteiger partial charge on any atom is 0.182 e. The number of fused-ring (bicyclic) bond motifs is 1. The Kier molecular flexibility index (Phi) is 2.95. The number of benzene rings is 1. The number of hydrogen-bond acceptors (Lipinski definition) is 6. The average molecular weight is 305 g/mol. The summed E-state index contributed by atoms with van der Waals surface area (Å²) in [6.45, 7) is 0.523. The van der Waals surface area contributed by atoms with Crippen LogP contribution in [0.15, 0.2) is 48.7 Å². The van der Waals surface area contributed by atoms with Crippen LogP contribution in [-0.2, 0) is 4.79 Å². The maximum atomic E-state index is 12.8. The van der Waals surface area contributed by atoms with Gasteiger partial charge in [0.1, 0.15) is 11.4 Å². The zero-order valence-electron chi connectivity index (χ0n) is 12.4. The highest BCUT2D eigenvalue weighted by atomic mass is 16.1. The molecule has 1 unspecified atom stereocenters. The van der Waals surface area contributed by atoms with Gasteiger partial charge in [-0.05, 0) is 17.7 Å². The first-order chi connectivity index (χ1) is 11.2. The van der Waals surface area contributed by atoms with Crippen molar-refractivity contribution in [3.05, 3.63) is 54.2 Å². The van der Waals surface area contributed by atoms with Crippen LogP contribution in [0, 0.1) is 11.5 Å². The summed E-state index contributed by atoms with van der Waals surface area (Å²) in [7, 11) is 0. The van der Waals surface area contributed by atoms with Gasteiger partial charge in [0.05, 0.1) is 18.3 Å². The third-order valence-corrected chi connectivity index (χ3v) is 4.54. The lowest BCUT2D eigenvalue weighted by molar-refractivity contribution is -0.120. The van der Waals surface area contributed by atoms with Crippen LogP contribution in [0.3, 0.4) is 0 Å². The monoisotopic (exact) mass is 305 g/mol. The fourth-order valence-corrected chi connectivity index (χ4v) is 3.47. The van der Waals surface area contributed by atoms with Crippen LogP contribution < -0.4 is 10.6 Å². The lowest BCUT2D eigenvalue weighted by Gasteiger charge is -2.40. The van der Waals surface area contributed by atoms with Crippen LogP contribution in [0.1, 0.15) is 11.6 Å². The number of Topliss-reactive ketones (excluding diaryl/α,β-unsaturated/α-hetero) is 1. The van der Waals surface area contributed by atoms with E-state index in [0.717, 1.165) is 11.3 Å². The fraction of sp³-hybridized carbons (Fsp3) is 0.235. The summed E-state index contributed by atoms with van der Waals surface area (Å²) < 4.78 is 0. The number of carbonyl (C=O) groups is 1. The van der Waals surface area contributed by atoms with E-state index in [4.69, 9.17) is 0 Å². The van der Waals surface area contributed by atoms with E-state index < -0.39 is 5.54 Å². The van der Waals surface area contributed by atoms with Gasteiger partial charge < -0.3 is 10.6 Å². The highest BCUT2D eigenvalue weighted by Crippen LogP contribution is 2.43. The second kappa shape index (κ2) is 4.99. The summed E-state index contributed by atoms with van der Waals surface area (Å²) in [4.78, 5) is 18.7. The molecule has 0 bridgehead atoms. The van der Waals surface area contributed by atoms with Crippen molar-refractivity contribution in [1.82, 2.24) is 9.88 Å². The molecule has 23 heavy (non-hydrogen) atoms. The van der Waals surface area contributed by atoms with Gasteiger partial charge in [-0.1, -0.05) is 30.3 Å². The van der Waals surface area contributed by atoms with Gasteiger partial charge in [0.15, 0.2) is 12.0 Å². The Morgan fingerprint density at radius 1 is 1.26 bits per heavy atom. The van der Waals surface area contributed by atoms with Crippen molar-refractivity contribution in [1.29, 1.82) is 5.26 Å². The van der Waals surface area contributed by atoms with Crippen LogP contribution in [-0.4, -0.2) is 34.3 Å². The molecule has 0 radical (unpaired) electrons. The minimum Gasteiger partial charge on any atom is -0.379 e. The standard InChI is InChI=1S/C17H15N5O/c18-11-22-9-14(23)17(15(22)12-5-2-1-3-6-12)10-20-13-7-4-8-19-16(13)21-17/h1-8,15,20H,9-10H2,(H,19,21)/t15-,17?/m0/s1. The molecule has 2 aliphatic rings. The van der Waals surface area contributed by atoms with E-state index in [0.29, 0.717) is 12.4 Å². The molecule has 1 aromatic heterocycles. The summed E-state index contributed by atoms with van der Waals surface area (Å²) in [6, 6.07) is 13.1. The quantitative estimate of drug-likeness (QED) is 0.782. The Labute approximate surface area is 133 Å². The van der Waals surface area contributed by atoms with Gasteiger partial charge in [-0.2, -0.15) is 5.26 Å². The zero-order valence-corrected chi connectivity index (χ0v) is 12.4. The van der Waals surface area contributed by atoms with E-state index in [1.165, 1.54) is 0 Å². The maximum absolute atomic E-state index is 12.8. The smallest absolute Gasteiger partial charge is 0.182 e. The van der Waals surface area contributed by atoms with Crippen LogP contribution in [0.4, 0.5) is 11.5 Å². The van der Waals surface area contributed by atoms with Gasteiger partial charge in [0.2, 0.25) is 0 Å². The van der Waals surface area contributed by atoms with Crippen molar-refractivity contribution in [3.8, 4) is 6.19 Å². The molecule has 1 spiro atoms. The highest BCUT2D eigenvalue weighted by molar-refractivity contribution is 5.99. The summed E-state index contributed by atoms with van der Waals surface area (Å²) in [6.07, 6.45) is 3.85. The van der Waals surface area contributed by atoms with Gasteiger partial charge in [-0.25, -0.2) is 4.98 Å². The van der Waals surface area contributed by atoms with E-state index in [-0.39, 0.29) is 18.4 Å². The minimum absolute atomic E-state index is 0.00305. The predicted molar refractivity (Wildman–Crippen MR) is 85.6 cm³/mol. The summed E-state index contributed by atoms with van der Waals surface area (Å²) >= 11 is 0. The first kappa shape index (κ1) is 13.6. The Morgan fingerprint density at radius 2 is 2.09 bits per heavy atom. The van der Waals surface area contributed by atoms with E-state index in [9.17, 15) is 10.1 Å². The molecule has 1 saturated heterocycles. The number of hydrogen-bond donors (Lipinski definition) is 2. The number of aromatic nitrogens is 1. The van der Waals surface area contributed by atoms with Gasteiger partial charge >= 0.3 is 0 Å². The van der Waals surface area contributed by atoms with Crippen molar-refractivity contribution in [3.63, 3.8) is 0 Å². The first-order valence-corrected chi connectivity index (χ1v) is 7.46. The number of nitriles is 1. The Hall–Kier alpha value is -3.07. The molecule has 114 valence electrons. The number of likely N-dealkylation sites (tertiary alicyclic amines) is 1. The van der Waals surface area contributed by atoms with Crippen LogP contribution in [0.2, 0.25) is 0 Å². The third-order valence-electron chi connectivity index (χ3n) is 4.54. The SMILES string of the molecule is N#CN1CC(=O)C2(CNc3cccnc3N2)[C@@H]1c1ccccc1. The molecular formula is C17H15N5O. The molecule has 3 heterocycles. The lowest BCUT2D eigenvalue weighted by Crippen LogP contribution is -2.56. The number of pyridine rings is 1. The van der Waals surface area contributed by atoms with Gasteiger partial charge in [0, 0.05) is 12.7 Å². The molecule has 1 aromatic carbocycles. The van der Waals surface area contributed by atoms with Crippen molar-refractivity contribution >= 4 is 17.3 Å². The summed E-state index contributed by atoms with van der Waals surface area (Å²) in [5.74, 6) is 0.643. The van der Waals surface area contributed by atoms with E-state index in [1.54, 1.807) is 11.1 Å². The highest BCUT2D eigenvalue weighted by Gasteiger charge is 2.56. The van der Waals surface area contributed by atoms with E-state index in [2.05, 4.69) is 21.8 Å². The number of anilines is 2. The van der Waals surface area contributed by atoms with Crippen molar-refractivity contribution < 1.29 is 4.79 Å². The van der Waals surface area contributed by atoms with Gasteiger partial charge in [-0.15, -0.1) is 0 Å². The lowest BCUT2D eigenvalue weighted by atomic mass is 9.83. The molecular weight excluding hydrogens is 290 g/mol. The van der Waals surface area contributed by atoms with Crippen molar-refractivity contribution in [2.45, 2.75) is 11.6 Å². The summed E-state index contributed by atoms with van der Waals surface area (Å²) in [5, 5.41) is 16.1. The number of ketones is 1. The molecule has 6 heteroatoms. The van der Waals surface area contributed by atoms with Crippen LogP contribution in [0.25, 0.3) is 0 Å². The molecule has 0 amide bonds. The molecule has 2 N–H and O–H groups in total. The molecule has 0 saturated carbocycles. The normalized spacial score (nSPS) is 25.4. The largest absolute Gasteiger partial charge is 0.379 e. The topological polar surface area (TPSA) is 81.1 Å². The van der Waals surface area contributed by atoms with Crippen LogP contribution >= 0.6 is 0 Å². The van der Waals surface area contributed by atoms with Gasteiger partial charge in [-0.3, -0.25) is 9.69 Å². The molecule has 4 rings (SSSR count). The number of rotatable bonds is 1. The second-order valence-electron chi connectivity index (χ2n) is 5.81. The Morgan fingerprint density at radius 3 is 2.87 bits per heavy atom. The van der Waals surface area contributed by atoms with Crippen molar-refractivity contribution in [2.75, 3.05) is 23.7 Å². The van der Waals surface area contributed by atoms with E-state index >= 15 is 0 Å². The second-order valence-corrected chi connectivity index (χ2v) is 5.81. The third kappa shape index (κ3) is 1.94. The average Bonchev–Trinajstić information content (AvgIpc) is 2.87. The molecule has 2 aliphatic heterocycles. The first-order valence-electron chi connectivity index (χ1n) is 7.46. The predicted octanol–water partition coefficient (Wildman–Crippen LogP) is 1.76. The van der Waals surface area contributed by atoms with Crippen molar-refractivity contribution in [2.24, 2.45) is 0 Å². The molecule has 2 atom stereocenters. The zero-order chi connectivity index (χ0) is 15.9. The van der Waals surface area contributed by atoms with E-state index in [1.807, 2.05) is 42.5 Å². The minimum atomic E-state index is -0.890. The number of nitrogens with zero attached hydrogens (tertiary/aromatic N) is 3.